The Morgan fingerprint density at radius 2 is 2.12 bits per heavy atom. The van der Waals surface area contributed by atoms with E-state index in [1.165, 1.54) is 13.0 Å². The molecule has 0 spiro atoms. The smallest absolute Gasteiger partial charge is 0.323 e. The van der Waals surface area contributed by atoms with Crippen LogP contribution >= 0.6 is 0 Å². The molecule has 0 amide bonds. The Balaban J connectivity index is 1.70. The van der Waals surface area contributed by atoms with Gasteiger partial charge in [0.25, 0.3) is 0 Å². The third-order valence-electron chi connectivity index (χ3n) is 3.50. The molecular formula is C12H22N2O2. The second kappa shape index (κ2) is 5.64. The summed E-state index contributed by atoms with van der Waals surface area (Å²) in [5.74, 6) is -0.0593. The van der Waals surface area contributed by atoms with Crippen LogP contribution in [-0.4, -0.2) is 49.2 Å². The number of carbonyl (C=O) groups is 1. The van der Waals surface area contributed by atoms with Gasteiger partial charge in [0.15, 0.2) is 0 Å². The molecule has 0 saturated carbocycles. The van der Waals surface area contributed by atoms with E-state index in [0.717, 1.165) is 32.4 Å². The maximum Gasteiger partial charge on any atom is 0.323 e. The average Bonchev–Trinajstić information content (AvgIpc) is 2.68. The number of cyclic esters (lactones) is 1. The second-order valence-electron chi connectivity index (χ2n) is 4.79. The number of hydrogen-bond acceptors (Lipinski definition) is 4. The molecule has 2 aliphatic heterocycles. The van der Waals surface area contributed by atoms with Crippen LogP contribution in [0.5, 0.6) is 0 Å². The fraction of sp³-hybridized carbons (Fsp3) is 0.917. The summed E-state index contributed by atoms with van der Waals surface area (Å²) in [7, 11) is 0. The Bertz CT molecular complexity index is 237. The quantitative estimate of drug-likeness (QED) is 0.719. The SMILES string of the molecule is CCCN1CCC(NC2CCOC2=O)CC1. The zero-order valence-corrected chi connectivity index (χ0v) is 10.1. The van der Waals surface area contributed by atoms with Crippen molar-refractivity contribution in [3.05, 3.63) is 0 Å². The first-order chi connectivity index (χ1) is 7.79. The number of esters is 1. The van der Waals surface area contributed by atoms with E-state index in [0.29, 0.717) is 12.6 Å². The van der Waals surface area contributed by atoms with Crippen molar-refractivity contribution in [2.45, 2.75) is 44.7 Å². The number of nitrogens with one attached hydrogen (secondary N) is 1. The van der Waals surface area contributed by atoms with Gasteiger partial charge in [-0.2, -0.15) is 0 Å². The largest absolute Gasteiger partial charge is 0.464 e. The lowest BCUT2D eigenvalue weighted by Gasteiger charge is -2.33. The normalized spacial score (nSPS) is 28.3. The average molecular weight is 226 g/mol. The standard InChI is InChI=1S/C12H22N2O2/c1-2-6-14-7-3-10(4-8-14)13-11-5-9-16-12(11)15/h10-11,13H,2-9H2,1H3. The molecule has 2 aliphatic rings. The van der Waals surface area contributed by atoms with Gasteiger partial charge in [0.1, 0.15) is 6.04 Å². The van der Waals surface area contributed by atoms with Gasteiger partial charge >= 0.3 is 5.97 Å². The summed E-state index contributed by atoms with van der Waals surface area (Å²) >= 11 is 0. The molecule has 0 aromatic heterocycles. The number of piperidine rings is 1. The Hall–Kier alpha value is -0.610. The van der Waals surface area contributed by atoms with Crippen molar-refractivity contribution >= 4 is 5.97 Å². The lowest BCUT2D eigenvalue weighted by Crippen LogP contribution is -2.47. The number of nitrogens with zero attached hydrogens (tertiary/aromatic N) is 1. The van der Waals surface area contributed by atoms with Gasteiger partial charge in [0.05, 0.1) is 6.61 Å². The molecule has 1 unspecified atom stereocenters. The van der Waals surface area contributed by atoms with E-state index in [1.54, 1.807) is 0 Å². The van der Waals surface area contributed by atoms with Gasteiger partial charge in [-0.15, -0.1) is 0 Å². The topological polar surface area (TPSA) is 41.6 Å². The van der Waals surface area contributed by atoms with Gasteiger partial charge < -0.3 is 15.0 Å². The van der Waals surface area contributed by atoms with E-state index in [4.69, 9.17) is 4.74 Å². The van der Waals surface area contributed by atoms with Crippen LogP contribution < -0.4 is 5.32 Å². The number of hydrogen-bond donors (Lipinski definition) is 1. The lowest BCUT2D eigenvalue weighted by atomic mass is 10.0. The first-order valence-electron chi connectivity index (χ1n) is 6.44. The van der Waals surface area contributed by atoms with Crippen molar-refractivity contribution < 1.29 is 9.53 Å². The Morgan fingerprint density at radius 3 is 2.69 bits per heavy atom. The molecule has 1 N–H and O–H groups in total. The van der Waals surface area contributed by atoms with Crippen molar-refractivity contribution in [3.8, 4) is 0 Å². The first kappa shape index (κ1) is 11.9. The van der Waals surface area contributed by atoms with E-state index < -0.39 is 0 Å². The molecule has 16 heavy (non-hydrogen) atoms. The summed E-state index contributed by atoms with van der Waals surface area (Å²) in [5.41, 5.74) is 0. The summed E-state index contributed by atoms with van der Waals surface area (Å²) < 4.78 is 4.95. The second-order valence-corrected chi connectivity index (χ2v) is 4.79. The molecule has 0 aromatic carbocycles. The zero-order valence-electron chi connectivity index (χ0n) is 10.1. The van der Waals surface area contributed by atoms with Gasteiger partial charge in [-0.3, -0.25) is 4.79 Å². The Morgan fingerprint density at radius 1 is 1.38 bits per heavy atom. The summed E-state index contributed by atoms with van der Waals surface area (Å²) in [5, 5.41) is 3.43. The van der Waals surface area contributed by atoms with E-state index in [1.807, 2.05) is 0 Å². The summed E-state index contributed by atoms with van der Waals surface area (Å²) in [6.45, 7) is 6.34. The fourth-order valence-electron chi connectivity index (χ4n) is 2.57. The minimum atomic E-state index is -0.0593. The molecule has 1 atom stereocenters. The van der Waals surface area contributed by atoms with Gasteiger partial charge in [0, 0.05) is 12.5 Å². The van der Waals surface area contributed by atoms with Crippen LogP contribution in [0.15, 0.2) is 0 Å². The van der Waals surface area contributed by atoms with E-state index in [-0.39, 0.29) is 12.0 Å². The summed E-state index contributed by atoms with van der Waals surface area (Å²) in [6, 6.07) is 0.464. The fourth-order valence-corrected chi connectivity index (χ4v) is 2.57. The molecule has 2 heterocycles. The van der Waals surface area contributed by atoms with Crippen molar-refractivity contribution in [1.82, 2.24) is 10.2 Å². The van der Waals surface area contributed by atoms with Crippen molar-refractivity contribution in [2.75, 3.05) is 26.2 Å². The number of likely N-dealkylation sites (tertiary alicyclic amines) is 1. The molecule has 0 bridgehead atoms. The van der Waals surface area contributed by atoms with Crippen molar-refractivity contribution in [1.29, 1.82) is 0 Å². The number of ether oxygens (including phenoxy) is 1. The maximum atomic E-state index is 11.3. The molecule has 2 saturated heterocycles. The highest BCUT2D eigenvalue weighted by Crippen LogP contribution is 2.14. The molecule has 4 nitrogen and oxygen atoms in total. The first-order valence-corrected chi connectivity index (χ1v) is 6.44. The van der Waals surface area contributed by atoms with E-state index in [2.05, 4.69) is 17.1 Å². The molecule has 0 radical (unpaired) electrons. The van der Waals surface area contributed by atoms with Crippen LogP contribution in [-0.2, 0) is 9.53 Å². The third kappa shape index (κ3) is 2.95. The van der Waals surface area contributed by atoms with Gasteiger partial charge in [-0.25, -0.2) is 0 Å². The van der Waals surface area contributed by atoms with Crippen molar-refractivity contribution in [3.63, 3.8) is 0 Å². The predicted octanol–water partition coefficient (Wildman–Crippen LogP) is 0.766. The molecule has 4 heteroatoms. The highest BCUT2D eigenvalue weighted by Gasteiger charge is 2.29. The number of rotatable bonds is 4. The van der Waals surface area contributed by atoms with Crippen LogP contribution in [0.2, 0.25) is 0 Å². The summed E-state index contributed by atoms with van der Waals surface area (Å²) in [4.78, 5) is 13.8. The molecule has 2 rings (SSSR count). The van der Waals surface area contributed by atoms with Crippen LogP contribution in [0.3, 0.4) is 0 Å². The highest BCUT2D eigenvalue weighted by atomic mass is 16.5. The molecule has 0 aromatic rings. The maximum absolute atomic E-state index is 11.3. The zero-order chi connectivity index (χ0) is 11.4. The van der Waals surface area contributed by atoms with E-state index in [9.17, 15) is 4.79 Å². The van der Waals surface area contributed by atoms with Crippen LogP contribution in [0.4, 0.5) is 0 Å². The van der Waals surface area contributed by atoms with Gasteiger partial charge in [-0.05, 0) is 38.9 Å². The molecular weight excluding hydrogens is 204 g/mol. The Kier molecular flexibility index (Phi) is 4.18. The third-order valence-corrected chi connectivity index (χ3v) is 3.50. The molecule has 2 fully saturated rings. The minimum Gasteiger partial charge on any atom is -0.464 e. The van der Waals surface area contributed by atoms with E-state index >= 15 is 0 Å². The number of carbonyl (C=O) groups excluding carboxylic acids is 1. The predicted molar refractivity (Wildman–Crippen MR) is 62.3 cm³/mol. The molecule has 0 aliphatic carbocycles. The monoisotopic (exact) mass is 226 g/mol. The van der Waals surface area contributed by atoms with Gasteiger partial charge in [0.2, 0.25) is 0 Å². The molecule has 92 valence electrons. The van der Waals surface area contributed by atoms with Crippen LogP contribution in [0.25, 0.3) is 0 Å². The van der Waals surface area contributed by atoms with Crippen molar-refractivity contribution in [2.24, 2.45) is 0 Å². The van der Waals surface area contributed by atoms with Crippen LogP contribution in [0, 0.1) is 0 Å². The summed E-state index contributed by atoms with van der Waals surface area (Å²) in [6.07, 6.45) is 4.38. The Labute approximate surface area is 97.3 Å². The van der Waals surface area contributed by atoms with Gasteiger partial charge in [-0.1, -0.05) is 6.92 Å². The minimum absolute atomic E-state index is 0.0391. The van der Waals surface area contributed by atoms with Crippen LogP contribution in [0.1, 0.15) is 32.6 Å². The lowest BCUT2D eigenvalue weighted by molar-refractivity contribution is -0.139. The highest BCUT2D eigenvalue weighted by molar-refractivity contribution is 5.77.